The first-order valence-electron chi connectivity index (χ1n) is 6.58. The molecule has 0 saturated carbocycles. The Morgan fingerprint density at radius 3 is 2.32 bits per heavy atom. The molecule has 0 aliphatic carbocycles. The summed E-state index contributed by atoms with van der Waals surface area (Å²) in [5, 5.41) is 4.34. The highest BCUT2D eigenvalue weighted by molar-refractivity contribution is 9.10. The molecule has 1 heterocycles. The molecule has 106 valence electrons. The van der Waals surface area contributed by atoms with Crippen molar-refractivity contribution in [1.29, 1.82) is 0 Å². The van der Waals surface area contributed by atoms with Gasteiger partial charge >= 0.3 is 0 Å². The Kier molecular flexibility index (Phi) is 4.20. The molecule has 1 aliphatic rings. The zero-order valence-corrected chi connectivity index (χ0v) is 14.2. The van der Waals surface area contributed by atoms with E-state index in [9.17, 15) is 0 Å². The normalized spacial score (nSPS) is 22.2. The summed E-state index contributed by atoms with van der Waals surface area (Å²) in [7, 11) is 0. The molecule has 0 aromatic heterocycles. The molecule has 19 heavy (non-hydrogen) atoms. The van der Waals surface area contributed by atoms with Crippen LogP contribution in [-0.4, -0.2) is 17.2 Å². The van der Waals surface area contributed by atoms with E-state index in [1.807, 2.05) is 18.2 Å². The zero-order valence-electron chi connectivity index (χ0n) is 11.9. The van der Waals surface area contributed by atoms with E-state index in [2.05, 4.69) is 48.9 Å². The molecule has 2 rings (SSSR count). The minimum Gasteiger partial charge on any atom is -0.490 e. The fraction of sp³-hybridized carbons (Fsp3) is 0.600. The van der Waals surface area contributed by atoms with Gasteiger partial charge in [0.15, 0.2) is 0 Å². The van der Waals surface area contributed by atoms with Crippen molar-refractivity contribution in [3.63, 3.8) is 0 Å². The molecular weight excluding hydrogens is 326 g/mol. The van der Waals surface area contributed by atoms with Gasteiger partial charge in [-0.1, -0.05) is 11.6 Å². The van der Waals surface area contributed by atoms with E-state index in [1.54, 1.807) is 0 Å². The monoisotopic (exact) mass is 345 g/mol. The van der Waals surface area contributed by atoms with E-state index >= 15 is 0 Å². The maximum Gasteiger partial charge on any atom is 0.121 e. The minimum absolute atomic E-state index is 0.0889. The lowest BCUT2D eigenvalue weighted by molar-refractivity contribution is 0.0559. The summed E-state index contributed by atoms with van der Waals surface area (Å²) in [5.74, 6) is 0.840. The Labute approximate surface area is 129 Å². The summed E-state index contributed by atoms with van der Waals surface area (Å²) < 4.78 is 7.01. The van der Waals surface area contributed by atoms with E-state index in [1.165, 1.54) is 0 Å². The molecule has 0 bridgehead atoms. The standard InChI is InChI=1S/C15H21BrClNO/c1-14(2)8-11(9-15(3,4)18-14)19-10-5-6-12(16)13(17)7-10/h5-7,11,18H,8-9H2,1-4H3. The average molecular weight is 347 g/mol. The summed E-state index contributed by atoms with van der Waals surface area (Å²) in [5.41, 5.74) is 0.178. The van der Waals surface area contributed by atoms with Crippen molar-refractivity contribution in [2.45, 2.75) is 57.7 Å². The molecule has 1 saturated heterocycles. The molecule has 0 spiro atoms. The predicted octanol–water partition coefficient (Wildman–Crippen LogP) is 4.79. The summed E-state index contributed by atoms with van der Waals surface area (Å²) in [6.45, 7) is 8.88. The second kappa shape index (κ2) is 5.27. The van der Waals surface area contributed by atoms with E-state index < -0.39 is 0 Å². The first kappa shape index (κ1) is 15.1. The van der Waals surface area contributed by atoms with Crippen molar-refractivity contribution in [2.75, 3.05) is 0 Å². The number of piperidine rings is 1. The van der Waals surface area contributed by atoms with E-state index in [0.717, 1.165) is 23.1 Å². The molecule has 0 radical (unpaired) electrons. The highest BCUT2D eigenvalue weighted by Crippen LogP contribution is 2.33. The maximum atomic E-state index is 6.12. The lowest BCUT2D eigenvalue weighted by Gasteiger charge is -2.46. The van der Waals surface area contributed by atoms with Crippen LogP contribution in [0.5, 0.6) is 5.75 Å². The molecule has 1 N–H and O–H groups in total. The lowest BCUT2D eigenvalue weighted by atomic mass is 9.81. The Hall–Kier alpha value is -0.250. The van der Waals surface area contributed by atoms with E-state index in [4.69, 9.17) is 16.3 Å². The molecule has 2 nitrogen and oxygen atoms in total. The second-order valence-electron chi connectivity index (χ2n) is 6.62. The van der Waals surface area contributed by atoms with Crippen LogP contribution >= 0.6 is 27.5 Å². The summed E-state index contributed by atoms with van der Waals surface area (Å²) in [4.78, 5) is 0. The summed E-state index contributed by atoms with van der Waals surface area (Å²) in [6.07, 6.45) is 2.19. The third-order valence-corrected chi connectivity index (χ3v) is 4.58. The summed E-state index contributed by atoms with van der Waals surface area (Å²) in [6, 6.07) is 5.75. The van der Waals surface area contributed by atoms with Crippen LogP contribution in [0.4, 0.5) is 0 Å². The van der Waals surface area contributed by atoms with Crippen LogP contribution in [0.1, 0.15) is 40.5 Å². The van der Waals surface area contributed by atoms with Crippen molar-refractivity contribution in [3.8, 4) is 5.75 Å². The predicted molar refractivity (Wildman–Crippen MR) is 84.1 cm³/mol. The Morgan fingerprint density at radius 1 is 1.21 bits per heavy atom. The van der Waals surface area contributed by atoms with Crippen LogP contribution in [0.3, 0.4) is 0 Å². The number of ether oxygens (including phenoxy) is 1. The SMILES string of the molecule is CC1(C)CC(Oc2ccc(Br)c(Cl)c2)CC(C)(C)N1. The van der Waals surface area contributed by atoms with Crippen LogP contribution in [0.25, 0.3) is 0 Å². The minimum atomic E-state index is 0.0889. The van der Waals surface area contributed by atoms with Gasteiger partial charge in [-0.15, -0.1) is 0 Å². The third kappa shape index (κ3) is 4.11. The summed E-state index contributed by atoms with van der Waals surface area (Å²) >= 11 is 9.50. The van der Waals surface area contributed by atoms with Crippen LogP contribution in [0.2, 0.25) is 5.02 Å². The number of nitrogens with one attached hydrogen (secondary N) is 1. The van der Waals surface area contributed by atoms with Crippen LogP contribution in [-0.2, 0) is 0 Å². The van der Waals surface area contributed by atoms with Crippen molar-refractivity contribution in [2.24, 2.45) is 0 Å². The van der Waals surface area contributed by atoms with Gasteiger partial charge in [0.1, 0.15) is 11.9 Å². The topological polar surface area (TPSA) is 21.3 Å². The van der Waals surface area contributed by atoms with Crippen molar-refractivity contribution in [1.82, 2.24) is 5.32 Å². The maximum absolute atomic E-state index is 6.12. The molecule has 0 unspecified atom stereocenters. The number of hydrogen-bond donors (Lipinski definition) is 1. The number of rotatable bonds is 2. The van der Waals surface area contributed by atoms with Gasteiger partial charge in [0.2, 0.25) is 0 Å². The van der Waals surface area contributed by atoms with Gasteiger partial charge < -0.3 is 10.1 Å². The third-order valence-electron chi connectivity index (χ3n) is 3.35. The van der Waals surface area contributed by atoms with Gasteiger partial charge in [0.25, 0.3) is 0 Å². The molecule has 0 amide bonds. The van der Waals surface area contributed by atoms with Crippen LogP contribution < -0.4 is 10.1 Å². The van der Waals surface area contributed by atoms with Crippen molar-refractivity contribution >= 4 is 27.5 Å². The van der Waals surface area contributed by atoms with Gasteiger partial charge in [-0.3, -0.25) is 0 Å². The van der Waals surface area contributed by atoms with E-state index in [-0.39, 0.29) is 17.2 Å². The van der Waals surface area contributed by atoms with Gasteiger partial charge in [-0.25, -0.2) is 0 Å². The molecule has 1 aromatic rings. The quantitative estimate of drug-likeness (QED) is 0.831. The fourth-order valence-electron chi connectivity index (χ4n) is 3.05. The smallest absolute Gasteiger partial charge is 0.121 e. The Balaban J connectivity index is 2.11. The van der Waals surface area contributed by atoms with Gasteiger partial charge in [0, 0.05) is 28.4 Å². The molecule has 1 fully saturated rings. The highest BCUT2D eigenvalue weighted by Gasteiger charge is 2.38. The van der Waals surface area contributed by atoms with Crippen LogP contribution in [0.15, 0.2) is 22.7 Å². The van der Waals surface area contributed by atoms with Crippen molar-refractivity contribution < 1.29 is 4.74 Å². The lowest BCUT2D eigenvalue weighted by Crippen LogP contribution is -2.60. The fourth-order valence-corrected chi connectivity index (χ4v) is 3.47. The first-order valence-corrected chi connectivity index (χ1v) is 7.75. The molecule has 4 heteroatoms. The Morgan fingerprint density at radius 2 is 1.79 bits per heavy atom. The number of halogens is 2. The average Bonchev–Trinajstić information content (AvgIpc) is 2.18. The number of hydrogen-bond acceptors (Lipinski definition) is 2. The molecule has 0 atom stereocenters. The zero-order chi connectivity index (χ0) is 14.3. The van der Waals surface area contributed by atoms with E-state index in [0.29, 0.717) is 5.02 Å². The van der Waals surface area contributed by atoms with Gasteiger partial charge in [-0.2, -0.15) is 0 Å². The molecule has 1 aliphatic heterocycles. The molecular formula is C15H21BrClNO. The molecule has 1 aromatic carbocycles. The Bertz CT molecular complexity index is 457. The first-order chi connectivity index (χ1) is 8.67. The van der Waals surface area contributed by atoms with Gasteiger partial charge in [-0.05, 0) is 61.8 Å². The van der Waals surface area contributed by atoms with Crippen LogP contribution in [0, 0.1) is 0 Å². The van der Waals surface area contributed by atoms with Gasteiger partial charge in [0.05, 0.1) is 5.02 Å². The largest absolute Gasteiger partial charge is 0.490 e. The highest BCUT2D eigenvalue weighted by atomic mass is 79.9. The number of benzene rings is 1. The van der Waals surface area contributed by atoms with Crippen molar-refractivity contribution in [3.05, 3.63) is 27.7 Å². The second-order valence-corrected chi connectivity index (χ2v) is 7.88.